The van der Waals surface area contributed by atoms with Gasteiger partial charge in [-0.3, -0.25) is 4.98 Å². The third-order valence-electron chi connectivity index (χ3n) is 2.09. The number of aryl methyl sites for hydroxylation is 1. The second kappa shape index (κ2) is 5.84. The standard InChI is InChI=1S/C11H15F3N2/c1-9-3-4-10(16-7-9)8-15-6-2-5-11(12,13)14/h3-4,7,15H,2,5-6,8H2,1H3. The van der Waals surface area contributed by atoms with Crippen LogP contribution in [0.3, 0.4) is 0 Å². The average molecular weight is 232 g/mol. The van der Waals surface area contributed by atoms with Crippen molar-refractivity contribution in [2.75, 3.05) is 6.54 Å². The fourth-order valence-corrected chi connectivity index (χ4v) is 1.23. The van der Waals surface area contributed by atoms with Gasteiger partial charge >= 0.3 is 6.18 Å². The zero-order valence-corrected chi connectivity index (χ0v) is 9.14. The van der Waals surface area contributed by atoms with E-state index in [2.05, 4.69) is 10.3 Å². The van der Waals surface area contributed by atoms with Crippen LogP contribution in [0, 0.1) is 6.92 Å². The van der Waals surface area contributed by atoms with Crippen molar-refractivity contribution in [2.45, 2.75) is 32.5 Å². The molecule has 0 aliphatic rings. The molecule has 0 fully saturated rings. The first-order valence-corrected chi connectivity index (χ1v) is 5.16. The van der Waals surface area contributed by atoms with Crippen LogP contribution in [0.4, 0.5) is 13.2 Å². The van der Waals surface area contributed by atoms with E-state index >= 15 is 0 Å². The van der Waals surface area contributed by atoms with Crippen molar-refractivity contribution >= 4 is 0 Å². The van der Waals surface area contributed by atoms with Gasteiger partial charge in [-0.2, -0.15) is 13.2 Å². The molecule has 0 saturated heterocycles. The zero-order chi connectivity index (χ0) is 12.0. The van der Waals surface area contributed by atoms with Crippen molar-refractivity contribution in [2.24, 2.45) is 0 Å². The van der Waals surface area contributed by atoms with Gasteiger partial charge in [0.25, 0.3) is 0 Å². The molecule has 0 aromatic carbocycles. The molecule has 1 rings (SSSR count). The molecule has 0 radical (unpaired) electrons. The molecule has 5 heteroatoms. The average Bonchev–Trinajstić information content (AvgIpc) is 2.19. The minimum atomic E-state index is -4.05. The van der Waals surface area contributed by atoms with Crippen LogP contribution in [0.25, 0.3) is 0 Å². The van der Waals surface area contributed by atoms with E-state index in [0.29, 0.717) is 13.1 Å². The highest BCUT2D eigenvalue weighted by Crippen LogP contribution is 2.20. The van der Waals surface area contributed by atoms with Gasteiger partial charge in [0.1, 0.15) is 0 Å². The van der Waals surface area contributed by atoms with E-state index in [1.165, 1.54) is 0 Å². The van der Waals surface area contributed by atoms with Crippen LogP contribution in [0.1, 0.15) is 24.1 Å². The van der Waals surface area contributed by atoms with Crippen LogP contribution in [0.5, 0.6) is 0 Å². The Bertz CT molecular complexity index is 306. The van der Waals surface area contributed by atoms with Crippen LogP contribution in [0.15, 0.2) is 18.3 Å². The molecule has 0 unspecified atom stereocenters. The number of hydrogen-bond donors (Lipinski definition) is 1. The topological polar surface area (TPSA) is 24.9 Å². The number of alkyl halides is 3. The van der Waals surface area contributed by atoms with E-state index in [1.54, 1.807) is 6.20 Å². The zero-order valence-electron chi connectivity index (χ0n) is 9.14. The summed E-state index contributed by atoms with van der Waals surface area (Å²) in [5, 5.41) is 2.93. The maximum absolute atomic E-state index is 11.8. The largest absolute Gasteiger partial charge is 0.389 e. The smallest absolute Gasteiger partial charge is 0.311 e. The summed E-state index contributed by atoms with van der Waals surface area (Å²) in [6.07, 6.45) is -2.94. The molecule has 0 aliphatic heterocycles. The molecule has 1 heterocycles. The van der Waals surface area contributed by atoms with Crippen LogP contribution in [-0.4, -0.2) is 17.7 Å². The van der Waals surface area contributed by atoms with Gasteiger partial charge in [-0.1, -0.05) is 6.07 Å². The molecule has 0 aliphatic carbocycles. The highest BCUT2D eigenvalue weighted by molar-refractivity contribution is 5.11. The lowest BCUT2D eigenvalue weighted by Crippen LogP contribution is -2.18. The molecule has 90 valence electrons. The third kappa shape index (κ3) is 5.70. The van der Waals surface area contributed by atoms with Crippen LogP contribution in [0.2, 0.25) is 0 Å². The molecule has 16 heavy (non-hydrogen) atoms. The fraction of sp³-hybridized carbons (Fsp3) is 0.545. The number of nitrogens with zero attached hydrogens (tertiary/aromatic N) is 1. The maximum Gasteiger partial charge on any atom is 0.389 e. The Balaban J connectivity index is 2.14. The molecule has 1 aromatic rings. The van der Waals surface area contributed by atoms with Crippen LogP contribution in [-0.2, 0) is 6.54 Å². The van der Waals surface area contributed by atoms with Gasteiger partial charge in [-0.25, -0.2) is 0 Å². The summed E-state index contributed by atoms with van der Waals surface area (Å²) in [4.78, 5) is 4.14. The van der Waals surface area contributed by atoms with E-state index in [9.17, 15) is 13.2 Å². The maximum atomic E-state index is 11.8. The van der Waals surface area contributed by atoms with Gasteiger partial charge in [0.2, 0.25) is 0 Å². The second-order valence-corrected chi connectivity index (χ2v) is 3.72. The predicted molar refractivity (Wildman–Crippen MR) is 56.0 cm³/mol. The first kappa shape index (κ1) is 13.0. The molecule has 1 aromatic heterocycles. The number of aromatic nitrogens is 1. The van der Waals surface area contributed by atoms with Crippen LogP contribution < -0.4 is 5.32 Å². The van der Waals surface area contributed by atoms with E-state index in [0.717, 1.165) is 11.3 Å². The number of halogens is 3. The lowest BCUT2D eigenvalue weighted by molar-refractivity contribution is -0.135. The van der Waals surface area contributed by atoms with Crippen molar-refractivity contribution in [3.05, 3.63) is 29.6 Å². The van der Waals surface area contributed by atoms with Crippen molar-refractivity contribution in [1.29, 1.82) is 0 Å². The van der Waals surface area contributed by atoms with E-state index in [-0.39, 0.29) is 6.42 Å². The fourth-order valence-electron chi connectivity index (χ4n) is 1.23. The monoisotopic (exact) mass is 232 g/mol. The van der Waals surface area contributed by atoms with Gasteiger partial charge in [0, 0.05) is 19.2 Å². The van der Waals surface area contributed by atoms with Gasteiger partial charge in [-0.15, -0.1) is 0 Å². The SMILES string of the molecule is Cc1ccc(CNCCCC(F)(F)F)nc1. The van der Waals surface area contributed by atoms with Gasteiger partial charge < -0.3 is 5.32 Å². The lowest BCUT2D eigenvalue weighted by Gasteiger charge is -2.07. The van der Waals surface area contributed by atoms with Gasteiger partial charge in [0.15, 0.2) is 0 Å². The molecule has 0 saturated carbocycles. The Labute approximate surface area is 92.9 Å². The normalized spacial score (nSPS) is 11.8. The number of nitrogens with one attached hydrogen (secondary N) is 1. The molecule has 0 atom stereocenters. The summed E-state index contributed by atoms with van der Waals surface area (Å²) in [6, 6.07) is 3.80. The second-order valence-electron chi connectivity index (χ2n) is 3.72. The quantitative estimate of drug-likeness (QED) is 0.789. The molecule has 0 bridgehead atoms. The Morgan fingerprint density at radius 3 is 2.62 bits per heavy atom. The summed E-state index contributed by atoms with van der Waals surface area (Å²) >= 11 is 0. The Hall–Kier alpha value is -1.10. The van der Waals surface area contributed by atoms with E-state index < -0.39 is 12.6 Å². The number of pyridine rings is 1. The van der Waals surface area contributed by atoms with Gasteiger partial charge in [0.05, 0.1) is 5.69 Å². The summed E-state index contributed by atoms with van der Waals surface area (Å²) in [5.74, 6) is 0. The lowest BCUT2D eigenvalue weighted by atomic mass is 10.2. The van der Waals surface area contributed by atoms with Gasteiger partial charge in [-0.05, 0) is 31.5 Å². The minimum absolute atomic E-state index is 0.107. The Kier molecular flexibility index (Phi) is 4.73. The Morgan fingerprint density at radius 1 is 1.31 bits per heavy atom. The first-order valence-electron chi connectivity index (χ1n) is 5.16. The highest BCUT2D eigenvalue weighted by atomic mass is 19.4. The van der Waals surface area contributed by atoms with E-state index in [1.807, 2.05) is 19.1 Å². The Morgan fingerprint density at radius 2 is 2.06 bits per heavy atom. The predicted octanol–water partition coefficient (Wildman–Crippen LogP) is 2.82. The molecular weight excluding hydrogens is 217 g/mol. The summed E-state index contributed by atoms with van der Waals surface area (Å²) in [6.45, 7) is 2.81. The van der Waals surface area contributed by atoms with Crippen molar-refractivity contribution < 1.29 is 13.2 Å². The van der Waals surface area contributed by atoms with E-state index in [4.69, 9.17) is 0 Å². The summed E-state index contributed by atoms with van der Waals surface area (Å²) in [5.41, 5.74) is 1.92. The van der Waals surface area contributed by atoms with Crippen LogP contribution >= 0.6 is 0 Å². The minimum Gasteiger partial charge on any atom is -0.311 e. The molecule has 0 spiro atoms. The summed E-state index contributed by atoms with van der Waals surface area (Å²) < 4.78 is 35.4. The van der Waals surface area contributed by atoms with Crippen molar-refractivity contribution in [1.82, 2.24) is 10.3 Å². The summed E-state index contributed by atoms with van der Waals surface area (Å²) in [7, 11) is 0. The van der Waals surface area contributed by atoms with Crippen molar-refractivity contribution in [3.63, 3.8) is 0 Å². The molecular formula is C11H15F3N2. The third-order valence-corrected chi connectivity index (χ3v) is 2.09. The molecule has 0 amide bonds. The first-order chi connectivity index (χ1) is 7.47. The molecule has 2 nitrogen and oxygen atoms in total. The molecule has 1 N–H and O–H groups in total. The number of hydrogen-bond acceptors (Lipinski definition) is 2. The van der Waals surface area contributed by atoms with Crippen molar-refractivity contribution in [3.8, 4) is 0 Å². The highest BCUT2D eigenvalue weighted by Gasteiger charge is 2.25. The number of rotatable bonds is 5.